The Hall–Kier alpha value is -1.40. The van der Waals surface area contributed by atoms with E-state index in [1.165, 1.54) is 5.56 Å². The lowest BCUT2D eigenvalue weighted by Crippen LogP contribution is -2.41. The van der Waals surface area contributed by atoms with Crippen LogP contribution in [0.2, 0.25) is 0 Å². The van der Waals surface area contributed by atoms with E-state index < -0.39 is 0 Å². The van der Waals surface area contributed by atoms with E-state index in [1.807, 2.05) is 18.5 Å². The maximum atomic E-state index is 8.91. The molecular weight excluding hydrogens is 234 g/mol. The summed E-state index contributed by atoms with van der Waals surface area (Å²) < 4.78 is 0. The van der Waals surface area contributed by atoms with Gasteiger partial charge >= 0.3 is 0 Å². The number of aromatic nitrogens is 1. The summed E-state index contributed by atoms with van der Waals surface area (Å²) in [6.07, 6.45) is 8.11. The predicted octanol–water partition coefficient (Wildman–Crippen LogP) is 3.03. The van der Waals surface area contributed by atoms with Crippen LogP contribution in [0, 0.1) is 17.2 Å². The summed E-state index contributed by atoms with van der Waals surface area (Å²) in [5, 5.41) is 12.6. The number of nitrogens with zero attached hydrogens (tertiary/aromatic N) is 2. The summed E-state index contributed by atoms with van der Waals surface area (Å²) >= 11 is 0. The number of hydrogen-bond donors (Lipinski definition) is 1. The molecule has 0 radical (unpaired) electrons. The first-order valence-corrected chi connectivity index (χ1v) is 7.15. The van der Waals surface area contributed by atoms with E-state index in [0.29, 0.717) is 6.04 Å². The highest BCUT2D eigenvalue weighted by molar-refractivity contribution is 5.20. The van der Waals surface area contributed by atoms with Crippen molar-refractivity contribution in [2.45, 2.75) is 51.0 Å². The summed E-state index contributed by atoms with van der Waals surface area (Å²) in [7, 11) is 0. The van der Waals surface area contributed by atoms with Crippen LogP contribution in [0.25, 0.3) is 0 Å². The third kappa shape index (κ3) is 3.78. The molecule has 0 atom stereocenters. The van der Waals surface area contributed by atoms with Crippen molar-refractivity contribution in [1.29, 1.82) is 5.26 Å². The Bertz CT molecular complexity index is 425. The first-order chi connectivity index (χ1) is 9.12. The van der Waals surface area contributed by atoms with Crippen molar-refractivity contribution in [3.8, 4) is 6.07 Å². The van der Waals surface area contributed by atoms with Crippen LogP contribution in [0.15, 0.2) is 24.5 Å². The standard InChI is InChI=1S/C16H23N3/c1-16(2,14-4-3-9-18-11-14)12-19-15-7-5-13(10-17)6-8-15/h3-4,9,11,13,15,19H,5-8,12H2,1-2H3. The zero-order valence-electron chi connectivity index (χ0n) is 11.9. The second-order valence-corrected chi connectivity index (χ2v) is 6.18. The maximum Gasteiger partial charge on any atom is 0.0655 e. The molecule has 3 nitrogen and oxygen atoms in total. The quantitative estimate of drug-likeness (QED) is 0.902. The Labute approximate surface area is 116 Å². The summed E-state index contributed by atoms with van der Waals surface area (Å²) in [5.74, 6) is 0.282. The minimum atomic E-state index is 0.0976. The summed E-state index contributed by atoms with van der Waals surface area (Å²) in [6.45, 7) is 5.45. The third-order valence-electron chi connectivity index (χ3n) is 4.19. The lowest BCUT2D eigenvalue weighted by atomic mass is 9.83. The van der Waals surface area contributed by atoms with Crippen LogP contribution < -0.4 is 5.32 Å². The number of nitrogens with one attached hydrogen (secondary N) is 1. The molecule has 1 aromatic heterocycles. The molecule has 1 N–H and O–H groups in total. The molecule has 0 bridgehead atoms. The van der Waals surface area contributed by atoms with Gasteiger partial charge in [0.25, 0.3) is 0 Å². The average molecular weight is 257 g/mol. The van der Waals surface area contributed by atoms with Crippen molar-refractivity contribution >= 4 is 0 Å². The van der Waals surface area contributed by atoms with Crippen LogP contribution in [0.1, 0.15) is 45.1 Å². The van der Waals surface area contributed by atoms with Crippen LogP contribution in [0.3, 0.4) is 0 Å². The molecule has 1 saturated carbocycles. The van der Waals surface area contributed by atoms with Crippen molar-refractivity contribution in [1.82, 2.24) is 10.3 Å². The van der Waals surface area contributed by atoms with Crippen molar-refractivity contribution in [2.24, 2.45) is 5.92 Å². The van der Waals surface area contributed by atoms with Gasteiger partial charge in [0.1, 0.15) is 0 Å². The number of rotatable bonds is 4. The molecule has 19 heavy (non-hydrogen) atoms. The SMILES string of the molecule is CC(C)(CNC1CCC(C#N)CC1)c1cccnc1. The van der Waals surface area contributed by atoms with Gasteiger partial charge in [-0.1, -0.05) is 19.9 Å². The van der Waals surface area contributed by atoms with E-state index in [0.717, 1.165) is 32.2 Å². The monoisotopic (exact) mass is 257 g/mol. The predicted molar refractivity (Wildman–Crippen MR) is 76.6 cm³/mol. The second-order valence-electron chi connectivity index (χ2n) is 6.18. The van der Waals surface area contributed by atoms with Gasteiger partial charge in [-0.05, 0) is 37.3 Å². The molecule has 2 rings (SSSR count). The van der Waals surface area contributed by atoms with E-state index >= 15 is 0 Å². The largest absolute Gasteiger partial charge is 0.313 e. The van der Waals surface area contributed by atoms with Gasteiger partial charge in [0.15, 0.2) is 0 Å². The fraction of sp³-hybridized carbons (Fsp3) is 0.625. The van der Waals surface area contributed by atoms with Crippen molar-refractivity contribution < 1.29 is 0 Å². The molecule has 0 unspecified atom stereocenters. The normalized spacial score (nSPS) is 23.8. The molecule has 0 saturated heterocycles. The van der Waals surface area contributed by atoms with Gasteiger partial charge in [0.2, 0.25) is 0 Å². The summed E-state index contributed by atoms with van der Waals surface area (Å²) in [5.41, 5.74) is 1.37. The Balaban J connectivity index is 1.84. The third-order valence-corrected chi connectivity index (χ3v) is 4.19. The van der Waals surface area contributed by atoms with Gasteiger partial charge in [0, 0.05) is 36.3 Å². The molecule has 0 aliphatic heterocycles. The zero-order valence-corrected chi connectivity index (χ0v) is 11.9. The Morgan fingerprint density at radius 2 is 2.11 bits per heavy atom. The van der Waals surface area contributed by atoms with Crippen LogP contribution in [0.5, 0.6) is 0 Å². The number of pyridine rings is 1. The zero-order chi connectivity index (χ0) is 13.7. The Morgan fingerprint density at radius 1 is 1.37 bits per heavy atom. The summed E-state index contributed by atoms with van der Waals surface area (Å²) in [6, 6.07) is 7.09. The first kappa shape index (κ1) is 14.0. The van der Waals surface area contributed by atoms with Crippen molar-refractivity contribution in [2.75, 3.05) is 6.54 Å². The molecule has 1 heterocycles. The minimum Gasteiger partial charge on any atom is -0.313 e. The summed E-state index contributed by atoms with van der Waals surface area (Å²) in [4.78, 5) is 4.20. The van der Waals surface area contributed by atoms with E-state index in [1.54, 1.807) is 0 Å². The van der Waals surface area contributed by atoms with Crippen molar-refractivity contribution in [3.63, 3.8) is 0 Å². The van der Waals surface area contributed by atoms with Crippen LogP contribution in [-0.4, -0.2) is 17.6 Å². The molecule has 1 aliphatic carbocycles. The maximum absolute atomic E-state index is 8.91. The van der Waals surface area contributed by atoms with Gasteiger partial charge in [-0.15, -0.1) is 0 Å². The van der Waals surface area contributed by atoms with Gasteiger partial charge in [-0.3, -0.25) is 4.98 Å². The topological polar surface area (TPSA) is 48.7 Å². The van der Waals surface area contributed by atoms with Gasteiger partial charge in [-0.2, -0.15) is 5.26 Å². The molecule has 0 amide bonds. The molecule has 102 valence electrons. The average Bonchev–Trinajstić information content (AvgIpc) is 2.47. The first-order valence-electron chi connectivity index (χ1n) is 7.15. The molecule has 1 aromatic rings. The van der Waals surface area contributed by atoms with E-state index in [-0.39, 0.29) is 11.3 Å². The van der Waals surface area contributed by atoms with Gasteiger partial charge < -0.3 is 5.32 Å². The minimum absolute atomic E-state index is 0.0976. The number of nitriles is 1. The van der Waals surface area contributed by atoms with E-state index in [4.69, 9.17) is 5.26 Å². The lowest BCUT2D eigenvalue weighted by Gasteiger charge is -2.31. The fourth-order valence-electron chi connectivity index (χ4n) is 2.69. The Kier molecular flexibility index (Phi) is 4.55. The van der Waals surface area contributed by atoms with Crippen LogP contribution >= 0.6 is 0 Å². The Morgan fingerprint density at radius 3 is 2.68 bits per heavy atom. The molecular formula is C16H23N3. The molecule has 0 spiro atoms. The van der Waals surface area contributed by atoms with Crippen molar-refractivity contribution in [3.05, 3.63) is 30.1 Å². The smallest absolute Gasteiger partial charge is 0.0655 e. The molecule has 1 aliphatic rings. The number of hydrogen-bond acceptors (Lipinski definition) is 3. The van der Waals surface area contributed by atoms with Gasteiger partial charge in [-0.25, -0.2) is 0 Å². The highest BCUT2D eigenvalue weighted by Crippen LogP contribution is 2.25. The van der Waals surface area contributed by atoms with Crippen LogP contribution in [-0.2, 0) is 5.41 Å². The highest BCUT2D eigenvalue weighted by atomic mass is 14.9. The second kappa shape index (κ2) is 6.16. The molecule has 3 heteroatoms. The molecule has 0 aromatic carbocycles. The molecule has 1 fully saturated rings. The highest BCUT2D eigenvalue weighted by Gasteiger charge is 2.25. The fourth-order valence-corrected chi connectivity index (χ4v) is 2.69. The van der Waals surface area contributed by atoms with Gasteiger partial charge in [0.05, 0.1) is 6.07 Å². The van der Waals surface area contributed by atoms with E-state index in [2.05, 4.69) is 36.3 Å². The van der Waals surface area contributed by atoms with Crippen LogP contribution in [0.4, 0.5) is 0 Å². The lowest BCUT2D eigenvalue weighted by molar-refractivity contribution is 0.311. The van der Waals surface area contributed by atoms with E-state index in [9.17, 15) is 0 Å².